The van der Waals surface area contributed by atoms with Crippen LogP contribution in [0.1, 0.15) is 62.3 Å². The molecule has 0 radical (unpaired) electrons. The summed E-state index contributed by atoms with van der Waals surface area (Å²) in [5.74, 6) is 1.95. The number of nitrogens with two attached hydrogens (primary N) is 1. The topological polar surface area (TPSA) is 64.9 Å². The van der Waals surface area contributed by atoms with E-state index in [0.29, 0.717) is 11.8 Å². The summed E-state index contributed by atoms with van der Waals surface area (Å²) in [6.45, 7) is 2.02. The van der Waals surface area contributed by atoms with Crippen molar-refractivity contribution in [3.8, 4) is 11.5 Å². The molecule has 112 valence electrons. The molecular weight excluding hydrogens is 262 g/mol. The van der Waals surface area contributed by atoms with E-state index in [4.69, 9.17) is 10.3 Å². The van der Waals surface area contributed by atoms with E-state index in [1.807, 2.05) is 25.1 Å². The highest BCUT2D eigenvalue weighted by Gasteiger charge is 2.20. The zero-order valence-electron chi connectivity index (χ0n) is 12.6. The minimum atomic E-state index is 0.455. The van der Waals surface area contributed by atoms with Crippen molar-refractivity contribution in [2.24, 2.45) is 0 Å². The molecule has 4 heteroatoms. The summed E-state index contributed by atoms with van der Waals surface area (Å²) < 4.78 is 5.49. The van der Waals surface area contributed by atoms with Gasteiger partial charge < -0.3 is 10.3 Å². The third-order valence-electron chi connectivity index (χ3n) is 4.39. The summed E-state index contributed by atoms with van der Waals surface area (Å²) >= 11 is 0. The van der Waals surface area contributed by atoms with Gasteiger partial charge in [0.15, 0.2) is 5.82 Å². The summed E-state index contributed by atoms with van der Waals surface area (Å²) in [4.78, 5) is 4.65. The Morgan fingerprint density at radius 2 is 1.81 bits per heavy atom. The molecule has 1 aromatic carbocycles. The average Bonchev–Trinajstić information content (AvgIpc) is 2.87. The number of benzene rings is 1. The number of hydrogen-bond acceptors (Lipinski definition) is 4. The first kappa shape index (κ1) is 14.1. The molecule has 0 amide bonds. The van der Waals surface area contributed by atoms with Crippen molar-refractivity contribution in [1.82, 2.24) is 10.1 Å². The molecule has 0 aliphatic heterocycles. The van der Waals surface area contributed by atoms with Crippen LogP contribution in [-0.2, 0) is 0 Å². The number of anilines is 1. The van der Waals surface area contributed by atoms with Crippen LogP contribution in [0.15, 0.2) is 22.7 Å². The van der Waals surface area contributed by atoms with E-state index < -0.39 is 0 Å². The Balaban J connectivity index is 1.81. The monoisotopic (exact) mass is 285 g/mol. The fourth-order valence-corrected chi connectivity index (χ4v) is 3.15. The summed E-state index contributed by atoms with van der Waals surface area (Å²) in [7, 11) is 0. The normalized spacial score (nSPS) is 17.4. The van der Waals surface area contributed by atoms with Crippen molar-refractivity contribution < 1.29 is 4.52 Å². The van der Waals surface area contributed by atoms with Crippen LogP contribution < -0.4 is 5.73 Å². The minimum absolute atomic E-state index is 0.455. The molecule has 0 bridgehead atoms. The molecule has 2 N–H and O–H groups in total. The predicted octanol–water partition coefficient (Wildman–Crippen LogP) is 4.46. The van der Waals surface area contributed by atoms with Gasteiger partial charge in [0.2, 0.25) is 0 Å². The van der Waals surface area contributed by atoms with Crippen LogP contribution in [-0.4, -0.2) is 10.1 Å². The molecule has 1 heterocycles. The summed E-state index contributed by atoms with van der Waals surface area (Å²) in [6.07, 6.45) is 8.94. The van der Waals surface area contributed by atoms with Gasteiger partial charge in [0.1, 0.15) is 0 Å². The maximum atomic E-state index is 5.79. The van der Waals surface area contributed by atoms with Gasteiger partial charge in [-0.3, -0.25) is 0 Å². The van der Waals surface area contributed by atoms with Crippen LogP contribution >= 0.6 is 0 Å². The predicted molar refractivity (Wildman–Crippen MR) is 83.9 cm³/mol. The van der Waals surface area contributed by atoms with Gasteiger partial charge in [-0.05, 0) is 43.5 Å². The molecule has 0 spiro atoms. The maximum Gasteiger partial charge on any atom is 0.258 e. The second kappa shape index (κ2) is 6.29. The maximum absolute atomic E-state index is 5.79. The number of nitrogens with zero attached hydrogens (tertiary/aromatic N) is 2. The third kappa shape index (κ3) is 3.26. The molecule has 0 atom stereocenters. The Morgan fingerprint density at radius 1 is 1.10 bits per heavy atom. The Bertz CT molecular complexity index is 598. The van der Waals surface area contributed by atoms with Gasteiger partial charge in [-0.25, -0.2) is 0 Å². The minimum Gasteiger partial charge on any atom is -0.399 e. The van der Waals surface area contributed by atoms with Gasteiger partial charge >= 0.3 is 0 Å². The van der Waals surface area contributed by atoms with E-state index in [1.54, 1.807) is 0 Å². The lowest BCUT2D eigenvalue weighted by Gasteiger charge is -2.15. The van der Waals surface area contributed by atoms with Crippen LogP contribution in [0.3, 0.4) is 0 Å². The van der Waals surface area contributed by atoms with Crippen molar-refractivity contribution in [3.63, 3.8) is 0 Å². The van der Waals surface area contributed by atoms with Gasteiger partial charge in [-0.15, -0.1) is 0 Å². The van der Waals surface area contributed by atoms with Crippen LogP contribution in [0, 0.1) is 6.92 Å². The molecule has 1 aliphatic rings. The van der Waals surface area contributed by atoms with Crippen molar-refractivity contribution in [2.45, 2.75) is 57.8 Å². The first-order valence-corrected chi connectivity index (χ1v) is 7.94. The van der Waals surface area contributed by atoms with Crippen LogP contribution in [0.25, 0.3) is 11.5 Å². The molecule has 1 fully saturated rings. The molecule has 21 heavy (non-hydrogen) atoms. The lowest BCUT2D eigenvalue weighted by Crippen LogP contribution is -2.04. The first-order valence-electron chi connectivity index (χ1n) is 7.94. The average molecular weight is 285 g/mol. The van der Waals surface area contributed by atoms with Crippen molar-refractivity contribution in [2.75, 3.05) is 5.73 Å². The summed E-state index contributed by atoms with van der Waals surface area (Å²) in [5.41, 5.74) is 8.61. The van der Waals surface area contributed by atoms with Crippen LogP contribution in [0.5, 0.6) is 0 Å². The summed E-state index contributed by atoms with van der Waals surface area (Å²) in [6, 6.07) is 5.77. The Hall–Kier alpha value is -1.84. The van der Waals surface area contributed by atoms with Gasteiger partial charge in [-0.1, -0.05) is 37.3 Å². The van der Waals surface area contributed by atoms with Crippen molar-refractivity contribution in [3.05, 3.63) is 29.6 Å². The number of aromatic nitrogens is 2. The van der Waals surface area contributed by atoms with Gasteiger partial charge in [0.25, 0.3) is 5.89 Å². The van der Waals surface area contributed by atoms with E-state index in [1.165, 1.54) is 44.9 Å². The molecule has 0 unspecified atom stereocenters. The molecular formula is C17H23N3O. The smallest absolute Gasteiger partial charge is 0.258 e. The highest BCUT2D eigenvalue weighted by molar-refractivity contribution is 5.62. The fourth-order valence-electron chi connectivity index (χ4n) is 3.15. The highest BCUT2D eigenvalue weighted by Crippen LogP contribution is 2.31. The molecule has 1 aliphatic carbocycles. The number of rotatable bonds is 2. The standard InChI is InChI=1S/C17H23N3O/c1-12-11-14(18)9-10-15(12)17-19-16(20-21-17)13-7-5-3-2-4-6-8-13/h9-11,13H,2-8,18H2,1H3. The zero-order valence-corrected chi connectivity index (χ0v) is 12.6. The molecule has 4 nitrogen and oxygen atoms in total. The van der Waals surface area contributed by atoms with Crippen molar-refractivity contribution in [1.29, 1.82) is 0 Å². The van der Waals surface area contributed by atoms with Crippen LogP contribution in [0.2, 0.25) is 0 Å². The summed E-state index contributed by atoms with van der Waals surface area (Å²) in [5, 5.41) is 4.23. The lowest BCUT2D eigenvalue weighted by atomic mass is 9.91. The third-order valence-corrected chi connectivity index (χ3v) is 4.39. The largest absolute Gasteiger partial charge is 0.399 e. The Kier molecular flexibility index (Phi) is 4.23. The lowest BCUT2D eigenvalue weighted by molar-refractivity contribution is 0.393. The molecule has 1 aromatic heterocycles. The van der Waals surface area contributed by atoms with Gasteiger partial charge in [0.05, 0.1) is 0 Å². The zero-order chi connectivity index (χ0) is 14.7. The van der Waals surface area contributed by atoms with Gasteiger partial charge in [0, 0.05) is 17.2 Å². The fraction of sp³-hybridized carbons (Fsp3) is 0.529. The second-order valence-electron chi connectivity index (χ2n) is 6.07. The quantitative estimate of drug-likeness (QED) is 0.828. The van der Waals surface area contributed by atoms with E-state index in [9.17, 15) is 0 Å². The number of nitrogen functional groups attached to an aromatic ring is 1. The Morgan fingerprint density at radius 3 is 2.52 bits per heavy atom. The molecule has 0 saturated heterocycles. The first-order chi connectivity index (χ1) is 10.2. The molecule has 3 rings (SSSR count). The van der Waals surface area contributed by atoms with Crippen molar-refractivity contribution >= 4 is 5.69 Å². The number of aryl methyl sites for hydroxylation is 1. The molecule has 2 aromatic rings. The number of hydrogen-bond donors (Lipinski definition) is 1. The van der Waals surface area contributed by atoms with Gasteiger partial charge in [-0.2, -0.15) is 4.98 Å². The van der Waals surface area contributed by atoms with E-state index in [2.05, 4.69) is 10.1 Å². The molecule has 1 saturated carbocycles. The van der Waals surface area contributed by atoms with E-state index in [0.717, 1.165) is 22.6 Å². The second-order valence-corrected chi connectivity index (χ2v) is 6.07. The SMILES string of the molecule is Cc1cc(N)ccc1-c1nc(C2CCCCCCC2)no1. The Labute approximate surface area is 125 Å². The highest BCUT2D eigenvalue weighted by atomic mass is 16.5. The van der Waals surface area contributed by atoms with E-state index >= 15 is 0 Å². The van der Waals surface area contributed by atoms with E-state index in [-0.39, 0.29) is 0 Å². The van der Waals surface area contributed by atoms with Crippen LogP contribution in [0.4, 0.5) is 5.69 Å².